The van der Waals surface area contributed by atoms with Crippen molar-refractivity contribution in [3.8, 4) is 0 Å². The van der Waals surface area contributed by atoms with E-state index in [4.69, 9.17) is 0 Å². The number of hydrogen-bond donors (Lipinski definition) is 0. The second-order valence-electron chi connectivity index (χ2n) is 2.63. The third-order valence-electron chi connectivity index (χ3n) is 1.73. The maximum atomic E-state index is 11.4. The van der Waals surface area contributed by atoms with E-state index in [0.29, 0.717) is 0 Å². The van der Waals surface area contributed by atoms with Crippen LogP contribution < -0.4 is 0 Å². The Morgan fingerprint density at radius 3 is 1.83 bits per heavy atom. The fraction of sp³-hybridized carbons (Fsp3) is 0.444. The van der Waals surface area contributed by atoms with Gasteiger partial charge >= 0.3 is 6.03 Å². The summed E-state index contributed by atoms with van der Waals surface area (Å²) in [7, 11) is 0. The Balaban J connectivity index is 2.61. The van der Waals surface area contributed by atoms with Crippen molar-refractivity contribution >= 4 is 6.03 Å². The van der Waals surface area contributed by atoms with E-state index in [1.807, 2.05) is 38.4 Å². The zero-order chi connectivity index (χ0) is 8.97. The molecule has 3 nitrogen and oxygen atoms in total. The van der Waals surface area contributed by atoms with Gasteiger partial charge in [0.15, 0.2) is 0 Å². The minimum Gasteiger partial charge on any atom is -0.299 e. The zero-order valence-corrected chi connectivity index (χ0v) is 7.53. The molecule has 1 saturated heterocycles. The van der Waals surface area contributed by atoms with Crippen molar-refractivity contribution in [3.63, 3.8) is 0 Å². The lowest BCUT2D eigenvalue weighted by molar-refractivity contribution is 0.213. The molecule has 1 rings (SSSR count). The number of carbonyl (C=O) groups is 1. The summed E-state index contributed by atoms with van der Waals surface area (Å²) in [6.45, 7) is 5.39. The molecule has 1 aliphatic heterocycles. The number of carbonyl (C=O) groups excluding carboxylic acids is 1. The SMILES string of the molecule is C/C=C/N1CCN(/C=C/C)C1=O. The third-order valence-corrected chi connectivity index (χ3v) is 1.73. The highest BCUT2D eigenvalue weighted by atomic mass is 16.2. The van der Waals surface area contributed by atoms with E-state index in [9.17, 15) is 4.79 Å². The van der Waals surface area contributed by atoms with Gasteiger partial charge in [-0.1, -0.05) is 12.2 Å². The number of nitrogens with zero attached hydrogens (tertiary/aromatic N) is 2. The van der Waals surface area contributed by atoms with Crippen LogP contribution in [-0.4, -0.2) is 28.9 Å². The van der Waals surface area contributed by atoms with Gasteiger partial charge in [-0.25, -0.2) is 4.79 Å². The number of amides is 2. The first-order valence-corrected chi connectivity index (χ1v) is 4.12. The van der Waals surface area contributed by atoms with Crippen LogP contribution in [-0.2, 0) is 0 Å². The lowest BCUT2D eigenvalue weighted by Gasteiger charge is -2.10. The van der Waals surface area contributed by atoms with Gasteiger partial charge in [-0.3, -0.25) is 9.80 Å². The molecular formula is C9H14N2O. The first-order valence-electron chi connectivity index (χ1n) is 4.12. The van der Waals surface area contributed by atoms with E-state index in [1.54, 1.807) is 9.80 Å². The van der Waals surface area contributed by atoms with Crippen LogP contribution in [0.1, 0.15) is 13.8 Å². The Kier molecular flexibility index (Phi) is 2.91. The molecule has 12 heavy (non-hydrogen) atoms. The van der Waals surface area contributed by atoms with E-state index in [-0.39, 0.29) is 6.03 Å². The van der Waals surface area contributed by atoms with Gasteiger partial charge in [-0.15, -0.1) is 0 Å². The quantitative estimate of drug-likeness (QED) is 0.613. The van der Waals surface area contributed by atoms with Crippen molar-refractivity contribution in [2.24, 2.45) is 0 Å². The third kappa shape index (κ3) is 1.67. The minimum atomic E-state index is 0.0613. The topological polar surface area (TPSA) is 23.6 Å². The smallest absolute Gasteiger partial charge is 0.299 e. The van der Waals surface area contributed by atoms with Crippen LogP contribution in [0.2, 0.25) is 0 Å². The summed E-state index contributed by atoms with van der Waals surface area (Å²) in [5.74, 6) is 0. The Morgan fingerprint density at radius 1 is 1.08 bits per heavy atom. The molecule has 66 valence electrons. The van der Waals surface area contributed by atoms with Gasteiger partial charge in [-0.2, -0.15) is 0 Å². The molecule has 1 fully saturated rings. The molecule has 0 spiro atoms. The predicted octanol–water partition coefficient (Wildman–Crippen LogP) is 1.79. The van der Waals surface area contributed by atoms with Crippen molar-refractivity contribution in [1.82, 2.24) is 9.80 Å². The predicted molar refractivity (Wildman–Crippen MR) is 48.4 cm³/mol. The highest BCUT2D eigenvalue weighted by Crippen LogP contribution is 2.08. The molecule has 0 saturated carbocycles. The van der Waals surface area contributed by atoms with Crippen LogP contribution in [0.25, 0.3) is 0 Å². The molecule has 0 aromatic rings. The van der Waals surface area contributed by atoms with Crippen LogP contribution in [0, 0.1) is 0 Å². The Bertz CT molecular complexity index is 199. The lowest BCUT2D eigenvalue weighted by atomic mass is 10.6. The van der Waals surface area contributed by atoms with Gasteiger partial charge in [-0.05, 0) is 13.8 Å². The van der Waals surface area contributed by atoms with Gasteiger partial charge in [0, 0.05) is 25.5 Å². The molecule has 3 heteroatoms. The highest BCUT2D eigenvalue weighted by Gasteiger charge is 2.24. The summed E-state index contributed by atoms with van der Waals surface area (Å²) in [5.41, 5.74) is 0. The number of rotatable bonds is 2. The summed E-state index contributed by atoms with van der Waals surface area (Å²) in [5, 5.41) is 0. The maximum absolute atomic E-state index is 11.4. The number of urea groups is 1. The first kappa shape index (κ1) is 8.84. The molecule has 0 bridgehead atoms. The van der Waals surface area contributed by atoms with E-state index in [1.165, 1.54) is 0 Å². The van der Waals surface area contributed by atoms with Gasteiger partial charge in [0.1, 0.15) is 0 Å². The molecule has 2 amide bonds. The fourth-order valence-corrected chi connectivity index (χ4v) is 1.21. The van der Waals surface area contributed by atoms with Crippen LogP contribution in [0.3, 0.4) is 0 Å². The summed E-state index contributed by atoms with van der Waals surface area (Å²) in [6.07, 6.45) is 7.37. The lowest BCUT2D eigenvalue weighted by Crippen LogP contribution is -2.24. The zero-order valence-electron chi connectivity index (χ0n) is 7.53. The van der Waals surface area contributed by atoms with Crippen molar-refractivity contribution in [1.29, 1.82) is 0 Å². The van der Waals surface area contributed by atoms with Crippen LogP contribution in [0.15, 0.2) is 24.6 Å². The Labute approximate surface area is 73.0 Å². The van der Waals surface area contributed by atoms with Crippen molar-refractivity contribution in [2.45, 2.75) is 13.8 Å². The van der Waals surface area contributed by atoms with E-state index in [2.05, 4.69) is 0 Å². The van der Waals surface area contributed by atoms with Crippen molar-refractivity contribution in [3.05, 3.63) is 24.6 Å². The van der Waals surface area contributed by atoms with Gasteiger partial charge in [0.25, 0.3) is 0 Å². The molecule has 0 atom stereocenters. The molecule has 1 aliphatic rings. The second-order valence-corrected chi connectivity index (χ2v) is 2.63. The van der Waals surface area contributed by atoms with Crippen molar-refractivity contribution < 1.29 is 4.79 Å². The van der Waals surface area contributed by atoms with Crippen LogP contribution in [0.4, 0.5) is 4.79 Å². The maximum Gasteiger partial charge on any atom is 0.328 e. The molecule has 1 heterocycles. The summed E-state index contributed by atoms with van der Waals surface area (Å²) in [6, 6.07) is 0.0613. The largest absolute Gasteiger partial charge is 0.328 e. The van der Waals surface area contributed by atoms with E-state index >= 15 is 0 Å². The molecular weight excluding hydrogens is 152 g/mol. The number of hydrogen-bond acceptors (Lipinski definition) is 1. The summed E-state index contributed by atoms with van der Waals surface area (Å²) in [4.78, 5) is 14.9. The van der Waals surface area contributed by atoms with Crippen LogP contribution in [0.5, 0.6) is 0 Å². The van der Waals surface area contributed by atoms with E-state index < -0.39 is 0 Å². The molecule has 0 aromatic carbocycles. The molecule has 0 radical (unpaired) electrons. The average molecular weight is 166 g/mol. The van der Waals surface area contributed by atoms with Gasteiger partial charge in [0.2, 0.25) is 0 Å². The van der Waals surface area contributed by atoms with Gasteiger partial charge in [0.05, 0.1) is 0 Å². The second kappa shape index (κ2) is 3.95. The first-order chi connectivity index (χ1) is 5.79. The van der Waals surface area contributed by atoms with E-state index in [0.717, 1.165) is 13.1 Å². The monoisotopic (exact) mass is 166 g/mol. The normalized spacial score (nSPS) is 19.0. The number of allylic oxidation sites excluding steroid dienone is 2. The Hall–Kier alpha value is -1.25. The molecule has 0 N–H and O–H groups in total. The standard InChI is InChI=1S/C9H14N2O/c1-3-5-10-7-8-11(6-4-2)9(10)12/h3-6H,7-8H2,1-2H3/b5-3+,6-4+. The Morgan fingerprint density at radius 2 is 1.50 bits per heavy atom. The molecule has 0 unspecified atom stereocenters. The molecule has 0 aromatic heterocycles. The van der Waals surface area contributed by atoms with Crippen LogP contribution >= 0.6 is 0 Å². The van der Waals surface area contributed by atoms with Gasteiger partial charge < -0.3 is 0 Å². The summed E-state index contributed by atoms with van der Waals surface area (Å²) < 4.78 is 0. The average Bonchev–Trinajstić information content (AvgIpc) is 2.38. The highest BCUT2D eigenvalue weighted by molar-refractivity contribution is 5.78. The summed E-state index contributed by atoms with van der Waals surface area (Å²) >= 11 is 0. The molecule has 0 aliphatic carbocycles. The minimum absolute atomic E-state index is 0.0613. The van der Waals surface area contributed by atoms with Crippen molar-refractivity contribution in [2.75, 3.05) is 13.1 Å². The fourth-order valence-electron chi connectivity index (χ4n) is 1.21.